The molecule has 0 amide bonds. The van der Waals surface area contributed by atoms with Gasteiger partial charge in [0.1, 0.15) is 5.82 Å². The van der Waals surface area contributed by atoms with E-state index in [0.29, 0.717) is 28.3 Å². The second-order valence-corrected chi connectivity index (χ2v) is 7.39. The lowest BCUT2D eigenvalue weighted by molar-refractivity contribution is 0.593. The van der Waals surface area contributed by atoms with E-state index in [-0.39, 0.29) is 17.9 Å². The molecular weight excluding hydrogens is 351 g/mol. The Morgan fingerprint density at radius 3 is 2.93 bits per heavy atom. The van der Waals surface area contributed by atoms with E-state index in [1.165, 1.54) is 10.9 Å². The molecule has 2 aliphatic rings. The summed E-state index contributed by atoms with van der Waals surface area (Å²) < 4.78 is 16.3. The Labute approximate surface area is 162 Å². The summed E-state index contributed by atoms with van der Waals surface area (Å²) >= 11 is 0. The number of allylic oxidation sites excluding steroid dienone is 6. The first kappa shape index (κ1) is 16.9. The average molecular weight is 370 g/mol. The zero-order valence-corrected chi connectivity index (χ0v) is 15.3. The normalized spacial score (nSPS) is 20.4. The zero-order valence-electron chi connectivity index (χ0n) is 15.3. The molecule has 3 nitrogen and oxygen atoms in total. The molecule has 2 aromatic carbocycles. The van der Waals surface area contributed by atoms with Crippen LogP contribution in [0, 0.1) is 17.7 Å². The minimum atomic E-state index is -0.307. The first-order valence-electron chi connectivity index (χ1n) is 9.49. The molecule has 0 saturated heterocycles. The van der Waals surface area contributed by atoms with Gasteiger partial charge in [-0.1, -0.05) is 54.6 Å². The number of rotatable bonds is 3. The Balaban J connectivity index is 1.44. The van der Waals surface area contributed by atoms with E-state index in [4.69, 9.17) is 0 Å². The zero-order chi connectivity index (χ0) is 19.1. The van der Waals surface area contributed by atoms with Crippen molar-refractivity contribution in [3.63, 3.8) is 0 Å². The molecule has 0 aliphatic heterocycles. The molecule has 2 unspecified atom stereocenters. The first-order chi connectivity index (χ1) is 13.7. The van der Waals surface area contributed by atoms with Gasteiger partial charge in [-0.2, -0.15) is 0 Å². The van der Waals surface area contributed by atoms with Gasteiger partial charge in [0.25, 0.3) is 5.56 Å². The molecule has 5 rings (SSSR count). The number of hydrogen-bond donors (Lipinski definition) is 0. The Hall–Kier alpha value is -3.27. The lowest BCUT2D eigenvalue weighted by Gasteiger charge is -2.19. The Morgan fingerprint density at radius 2 is 2.04 bits per heavy atom. The molecule has 0 fully saturated rings. The second-order valence-electron chi connectivity index (χ2n) is 7.39. The lowest BCUT2D eigenvalue weighted by atomic mass is 9.86. The van der Waals surface area contributed by atoms with Crippen molar-refractivity contribution in [3.05, 3.63) is 106 Å². The van der Waals surface area contributed by atoms with Crippen molar-refractivity contribution in [2.24, 2.45) is 11.8 Å². The molecule has 0 saturated carbocycles. The highest BCUT2D eigenvalue weighted by Crippen LogP contribution is 2.35. The summed E-state index contributed by atoms with van der Waals surface area (Å²) in [7, 11) is 0. The van der Waals surface area contributed by atoms with Gasteiger partial charge in [0.15, 0.2) is 0 Å². The third-order valence-electron chi connectivity index (χ3n) is 5.61. The molecule has 0 radical (unpaired) electrons. The minimum Gasteiger partial charge on any atom is -0.294 e. The van der Waals surface area contributed by atoms with Crippen LogP contribution < -0.4 is 5.56 Å². The molecule has 0 bridgehead atoms. The topological polar surface area (TPSA) is 34.9 Å². The summed E-state index contributed by atoms with van der Waals surface area (Å²) in [5.41, 5.74) is 2.89. The van der Waals surface area contributed by atoms with E-state index in [1.54, 1.807) is 30.3 Å². The van der Waals surface area contributed by atoms with Crippen molar-refractivity contribution in [1.82, 2.24) is 9.55 Å². The number of halogens is 1. The largest absolute Gasteiger partial charge is 0.294 e. The predicted octanol–water partition coefficient (Wildman–Crippen LogP) is 4.73. The molecular formula is C24H19FN2O. The van der Waals surface area contributed by atoms with Crippen molar-refractivity contribution in [2.45, 2.75) is 13.0 Å². The first-order valence-corrected chi connectivity index (χ1v) is 9.49. The number of aromatic nitrogens is 2. The average Bonchev–Trinajstić information content (AvgIpc) is 3.19. The monoisotopic (exact) mass is 370 g/mol. The third-order valence-corrected chi connectivity index (χ3v) is 5.61. The van der Waals surface area contributed by atoms with Crippen molar-refractivity contribution in [1.29, 1.82) is 0 Å². The van der Waals surface area contributed by atoms with Crippen molar-refractivity contribution in [2.75, 3.05) is 0 Å². The summed E-state index contributed by atoms with van der Waals surface area (Å²) in [5.74, 6) is 0.642. The standard InChI is InChI=1S/C24H19FN2O/c25-22-13-19(18-9-8-16-4-3-5-17(16)12-18)10-11-20(22)14-27-15-26-23-7-2-1-6-21(23)24(27)28/h1-4,6-13,15-17H,5,14H2. The molecule has 2 atom stereocenters. The highest BCUT2D eigenvalue weighted by Gasteiger charge is 2.22. The molecule has 2 aliphatic carbocycles. The van der Waals surface area contributed by atoms with Crippen LogP contribution in [-0.2, 0) is 6.54 Å². The van der Waals surface area contributed by atoms with Crippen LogP contribution in [0.25, 0.3) is 16.5 Å². The summed E-state index contributed by atoms with van der Waals surface area (Å²) in [4.78, 5) is 16.9. The van der Waals surface area contributed by atoms with Gasteiger partial charge < -0.3 is 0 Å². The SMILES string of the molecule is O=c1c2ccccc2ncn1Cc1ccc(C2=CC3CC=CC3C=C2)cc1F. The fourth-order valence-corrected chi connectivity index (χ4v) is 4.03. The van der Waals surface area contributed by atoms with Gasteiger partial charge in [-0.15, -0.1) is 0 Å². The smallest absolute Gasteiger partial charge is 0.261 e. The summed E-state index contributed by atoms with van der Waals surface area (Å²) in [6, 6.07) is 12.4. The predicted molar refractivity (Wildman–Crippen MR) is 109 cm³/mol. The molecule has 4 heteroatoms. The van der Waals surface area contributed by atoms with Crippen LogP contribution in [-0.4, -0.2) is 9.55 Å². The quantitative estimate of drug-likeness (QED) is 0.625. The van der Waals surface area contributed by atoms with Crippen LogP contribution in [0.1, 0.15) is 17.5 Å². The second kappa shape index (κ2) is 6.71. The van der Waals surface area contributed by atoms with E-state index in [2.05, 4.69) is 35.4 Å². The van der Waals surface area contributed by atoms with Crippen LogP contribution in [0.2, 0.25) is 0 Å². The summed E-state index contributed by atoms with van der Waals surface area (Å²) in [6.45, 7) is 0.159. The van der Waals surface area contributed by atoms with Crippen LogP contribution in [0.15, 0.2) is 84.0 Å². The van der Waals surface area contributed by atoms with Crippen LogP contribution >= 0.6 is 0 Å². The number of para-hydroxylation sites is 1. The van der Waals surface area contributed by atoms with E-state index in [1.807, 2.05) is 12.1 Å². The summed E-state index contributed by atoms with van der Waals surface area (Å²) in [6.07, 6.45) is 13.5. The van der Waals surface area contributed by atoms with Gasteiger partial charge in [-0.25, -0.2) is 9.37 Å². The molecule has 1 aromatic heterocycles. The van der Waals surface area contributed by atoms with Gasteiger partial charge in [-0.3, -0.25) is 9.36 Å². The molecule has 0 spiro atoms. The number of benzene rings is 2. The molecule has 1 heterocycles. The Bertz CT molecular complexity index is 1220. The van der Waals surface area contributed by atoms with E-state index in [9.17, 15) is 9.18 Å². The molecule has 0 N–H and O–H groups in total. The Kier molecular flexibility index (Phi) is 4.05. The molecule has 138 valence electrons. The minimum absolute atomic E-state index is 0.159. The maximum Gasteiger partial charge on any atom is 0.261 e. The van der Waals surface area contributed by atoms with Crippen molar-refractivity contribution >= 4 is 16.5 Å². The third kappa shape index (κ3) is 2.91. The highest BCUT2D eigenvalue weighted by molar-refractivity contribution is 5.77. The number of hydrogen-bond acceptors (Lipinski definition) is 2. The van der Waals surface area contributed by atoms with Crippen LogP contribution in [0.3, 0.4) is 0 Å². The van der Waals surface area contributed by atoms with Crippen molar-refractivity contribution in [3.8, 4) is 0 Å². The maximum atomic E-state index is 14.8. The maximum absolute atomic E-state index is 14.8. The van der Waals surface area contributed by atoms with Gasteiger partial charge in [0, 0.05) is 11.5 Å². The van der Waals surface area contributed by atoms with E-state index >= 15 is 0 Å². The van der Waals surface area contributed by atoms with Crippen molar-refractivity contribution < 1.29 is 4.39 Å². The fourth-order valence-electron chi connectivity index (χ4n) is 4.03. The fraction of sp³-hybridized carbons (Fsp3) is 0.167. The number of nitrogens with zero attached hydrogens (tertiary/aromatic N) is 2. The van der Waals surface area contributed by atoms with E-state index in [0.717, 1.165) is 17.6 Å². The van der Waals surface area contributed by atoms with Gasteiger partial charge in [-0.05, 0) is 41.7 Å². The van der Waals surface area contributed by atoms with Crippen LogP contribution in [0.4, 0.5) is 4.39 Å². The van der Waals surface area contributed by atoms with E-state index < -0.39 is 0 Å². The van der Waals surface area contributed by atoms with Gasteiger partial charge in [0.05, 0.1) is 23.8 Å². The number of fused-ring (bicyclic) bond motifs is 2. The molecule has 28 heavy (non-hydrogen) atoms. The van der Waals surface area contributed by atoms with Gasteiger partial charge >= 0.3 is 0 Å². The summed E-state index contributed by atoms with van der Waals surface area (Å²) in [5, 5.41) is 0.541. The molecule has 3 aromatic rings. The highest BCUT2D eigenvalue weighted by atomic mass is 19.1. The van der Waals surface area contributed by atoms with Gasteiger partial charge in [0.2, 0.25) is 0 Å². The van der Waals surface area contributed by atoms with Crippen LogP contribution in [0.5, 0.6) is 0 Å². The Morgan fingerprint density at radius 1 is 1.14 bits per heavy atom. The lowest BCUT2D eigenvalue weighted by Crippen LogP contribution is -2.21.